The van der Waals surface area contributed by atoms with E-state index >= 15 is 0 Å². The van der Waals surface area contributed by atoms with Crippen molar-refractivity contribution in [2.45, 2.75) is 6.54 Å². The van der Waals surface area contributed by atoms with E-state index in [0.29, 0.717) is 5.69 Å². The van der Waals surface area contributed by atoms with Crippen LogP contribution in [0.3, 0.4) is 0 Å². The summed E-state index contributed by atoms with van der Waals surface area (Å²) in [5, 5.41) is 11.3. The monoisotopic (exact) mass is 318 g/mol. The molecule has 0 aliphatic rings. The molecular weight excluding hydrogens is 304 g/mol. The molecule has 24 heavy (non-hydrogen) atoms. The quantitative estimate of drug-likeness (QED) is 0.600. The molecule has 0 spiro atoms. The van der Waals surface area contributed by atoms with Crippen LogP contribution in [0.15, 0.2) is 55.0 Å². The van der Waals surface area contributed by atoms with Gasteiger partial charge in [-0.15, -0.1) is 0 Å². The summed E-state index contributed by atoms with van der Waals surface area (Å²) in [5.74, 6) is -0.604. The highest BCUT2D eigenvalue weighted by atomic mass is 16.1. The average Bonchev–Trinajstić information content (AvgIpc) is 3.23. The Morgan fingerprint density at radius 2 is 2.12 bits per heavy atom. The van der Waals surface area contributed by atoms with Gasteiger partial charge in [0.1, 0.15) is 5.69 Å². The number of pyridine rings is 1. The number of primary amides is 1. The zero-order chi connectivity index (χ0) is 16.5. The van der Waals surface area contributed by atoms with Crippen molar-refractivity contribution in [3.05, 3.63) is 66.2 Å². The third-order valence-corrected chi connectivity index (χ3v) is 3.90. The minimum atomic E-state index is -0.604. The van der Waals surface area contributed by atoms with Gasteiger partial charge in [-0.25, -0.2) is 0 Å². The molecule has 0 aliphatic carbocycles. The molecule has 0 unspecified atom stereocenters. The van der Waals surface area contributed by atoms with Gasteiger partial charge in [0.25, 0.3) is 5.91 Å². The third kappa shape index (κ3) is 2.41. The standard InChI is InChI=1S/C17H14N6O/c18-17(24)16-15(20-22-21-16)13-3-4-14-12(8-13)5-7-23(14)10-11-2-1-6-19-9-11/h1-9H,10H2,(H2,18,24)(H,20,21,22). The number of nitrogens with zero attached hydrogens (tertiary/aromatic N) is 4. The molecule has 3 heterocycles. The number of nitrogens with two attached hydrogens (primary N) is 1. The summed E-state index contributed by atoms with van der Waals surface area (Å²) in [5.41, 5.74) is 8.95. The average molecular weight is 318 g/mol. The summed E-state index contributed by atoms with van der Waals surface area (Å²) >= 11 is 0. The number of hydrogen-bond donors (Lipinski definition) is 2. The minimum Gasteiger partial charge on any atom is -0.364 e. The molecule has 1 amide bonds. The zero-order valence-electron chi connectivity index (χ0n) is 12.7. The van der Waals surface area contributed by atoms with Crippen molar-refractivity contribution in [1.29, 1.82) is 0 Å². The first kappa shape index (κ1) is 14.1. The normalized spacial score (nSPS) is 11.0. The van der Waals surface area contributed by atoms with E-state index in [1.165, 1.54) is 0 Å². The van der Waals surface area contributed by atoms with Crippen molar-refractivity contribution in [3.8, 4) is 11.3 Å². The highest BCUT2D eigenvalue weighted by molar-refractivity contribution is 5.97. The SMILES string of the molecule is NC(=O)c1n[nH]nc1-c1ccc2c(ccn2Cc2cccnc2)c1. The van der Waals surface area contributed by atoms with Gasteiger partial charge in [0.15, 0.2) is 5.69 Å². The molecule has 4 aromatic rings. The lowest BCUT2D eigenvalue weighted by Gasteiger charge is -2.06. The van der Waals surface area contributed by atoms with Gasteiger partial charge in [0.05, 0.1) is 0 Å². The summed E-state index contributed by atoms with van der Waals surface area (Å²) in [6, 6.07) is 11.9. The molecule has 0 aliphatic heterocycles. The molecule has 0 bridgehead atoms. The van der Waals surface area contributed by atoms with Crippen LogP contribution >= 0.6 is 0 Å². The molecule has 7 nitrogen and oxygen atoms in total. The molecule has 0 radical (unpaired) electrons. The van der Waals surface area contributed by atoms with E-state index in [1.807, 2.05) is 48.8 Å². The molecule has 3 N–H and O–H groups in total. The summed E-state index contributed by atoms with van der Waals surface area (Å²) < 4.78 is 2.15. The number of carbonyl (C=O) groups excluding carboxylic acids is 1. The number of aromatic nitrogens is 5. The van der Waals surface area contributed by atoms with E-state index in [2.05, 4.69) is 25.0 Å². The minimum absolute atomic E-state index is 0.143. The van der Waals surface area contributed by atoms with Gasteiger partial charge in [-0.1, -0.05) is 12.1 Å². The van der Waals surface area contributed by atoms with Crippen molar-refractivity contribution < 1.29 is 4.79 Å². The van der Waals surface area contributed by atoms with Gasteiger partial charge in [0.2, 0.25) is 0 Å². The summed E-state index contributed by atoms with van der Waals surface area (Å²) in [6.45, 7) is 0.743. The molecule has 3 aromatic heterocycles. The number of rotatable bonds is 4. The molecule has 0 saturated carbocycles. The Labute approximate surface area is 137 Å². The van der Waals surface area contributed by atoms with Crippen LogP contribution in [0.4, 0.5) is 0 Å². The number of benzene rings is 1. The summed E-state index contributed by atoms with van der Waals surface area (Å²) in [7, 11) is 0. The Morgan fingerprint density at radius 1 is 1.21 bits per heavy atom. The summed E-state index contributed by atoms with van der Waals surface area (Å²) in [4.78, 5) is 15.6. The fourth-order valence-corrected chi connectivity index (χ4v) is 2.78. The number of carbonyl (C=O) groups is 1. The van der Waals surface area contributed by atoms with Crippen molar-refractivity contribution >= 4 is 16.8 Å². The smallest absolute Gasteiger partial charge is 0.271 e. The Hall–Kier alpha value is -3.48. The second-order valence-corrected chi connectivity index (χ2v) is 5.46. The van der Waals surface area contributed by atoms with Crippen molar-refractivity contribution in [3.63, 3.8) is 0 Å². The topological polar surface area (TPSA) is 102 Å². The highest BCUT2D eigenvalue weighted by Crippen LogP contribution is 2.25. The largest absolute Gasteiger partial charge is 0.364 e. The predicted octanol–water partition coefficient (Wildman–Crippen LogP) is 1.97. The van der Waals surface area contributed by atoms with Gasteiger partial charge in [0, 0.05) is 41.6 Å². The Bertz CT molecular complexity index is 1020. The van der Waals surface area contributed by atoms with Crippen LogP contribution < -0.4 is 5.73 Å². The van der Waals surface area contributed by atoms with E-state index in [1.54, 1.807) is 6.20 Å². The van der Waals surface area contributed by atoms with Gasteiger partial charge >= 0.3 is 0 Å². The molecular formula is C17H14N6O. The lowest BCUT2D eigenvalue weighted by molar-refractivity contribution is 0.0996. The Balaban J connectivity index is 1.73. The predicted molar refractivity (Wildman–Crippen MR) is 89.2 cm³/mol. The van der Waals surface area contributed by atoms with Crippen LogP contribution in [0, 0.1) is 0 Å². The number of amides is 1. The number of H-pyrrole nitrogens is 1. The van der Waals surface area contributed by atoms with Crippen molar-refractivity contribution in [2.24, 2.45) is 5.73 Å². The van der Waals surface area contributed by atoms with E-state index in [-0.39, 0.29) is 5.69 Å². The highest BCUT2D eigenvalue weighted by Gasteiger charge is 2.15. The molecule has 118 valence electrons. The molecule has 7 heteroatoms. The first-order chi connectivity index (χ1) is 11.7. The molecule has 0 fully saturated rings. The number of nitrogens with one attached hydrogen (secondary N) is 1. The van der Waals surface area contributed by atoms with Gasteiger partial charge in [-0.3, -0.25) is 9.78 Å². The fraction of sp³-hybridized carbons (Fsp3) is 0.0588. The van der Waals surface area contributed by atoms with Crippen molar-refractivity contribution in [2.75, 3.05) is 0 Å². The van der Waals surface area contributed by atoms with E-state index < -0.39 is 5.91 Å². The van der Waals surface area contributed by atoms with E-state index in [0.717, 1.165) is 28.6 Å². The van der Waals surface area contributed by atoms with Gasteiger partial charge in [-0.05, 0) is 29.8 Å². The van der Waals surface area contributed by atoms with Crippen LogP contribution in [0.5, 0.6) is 0 Å². The lowest BCUT2D eigenvalue weighted by atomic mass is 10.1. The number of hydrogen-bond acceptors (Lipinski definition) is 4. The van der Waals surface area contributed by atoms with Crippen molar-refractivity contribution in [1.82, 2.24) is 25.0 Å². The third-order valence-electron chi connectivity index (χ3n) is 3.90. The number of aromatic amines is 1. The van der Waals surface area contributed by atoms with Crippen LogP contribution in [0.25, 0.3) is 22.2 Å². The van der Waals surface area contributed by atoms with Gasteiger partial charge < -0.3 is 10.3 Å². The maximum absolute atomic E-state index is 11.4. The second kappa shape index (κ2) is 5.62. The first-order valence-corrected chi connectivity index (χ1v) is 7.41. The maximum atomic E-state index is 11.4. The molecule has 1 aromatic carbocycles. The molecule has 0 atom stereocenters. The second-order valence-electron chi connectivity index (χ2n) is 5.46. The van der Waals surface area contributed by atoms with E-state index in [9.17, 15) is 4.79 Å². The first-order valence-electron chi connectivity index (χ1n) is 7.41. The number of fused-ring (bicyclic) bond motifs is 1. The van der Waals surface area contributed by atoms with Crippen LogP contribution in [0.2, 0.25) is 0 Å². The Morgan fingerprint density at radius 3 is 2.92 bits per heavy atom. The van der Waals surface area contributed by atoms with Crippen LogP contribution in [0.1, 0.15) is 16.1 Å². The zero-order valence-corrected chi connectivity index (χ0v) is 12.7. The summed E-state index contributed by atoms with van der Waals surface area (Å²) in [6.07, 6.45) is 5.64. The fourth-order valence-electron chi connectivity index (χ4n) is 2.78. The maximum Gasteiger partial charge on any atom is 0.271 e. The molecule has 0 saturated heterocycles. The van der Waals surface area contributed by atoms with Gasteiger partial charge in [-0.2, -0.15) is 15.4 Å². The molecule has 4 rings (SSSR count). The van der Waals surface area contributed by atoms with Crippen LogP contribution in [-0.4, -0.2) is 30.9 Å². The lowest BCUT2D eigenvalue weighted by Crippen LogP contribution is -2.12. The Kier molecular flexibility index (Phi) is 3.31. The van der Waals surface area contributed by atoms with Crippen LogP contribution in [-0.2, 0) is 6.54 Å². The van der Waals surface area contributed by atoms with E-state index in [4.69, 9.17) is 5.73 Å².